The average molecular weight is 331 g/mol. The van der Waals surface area contributed by atoms with Crippen LogP contribution in [-0.2, 0) is 6.54 Å². The van der Waals surface area contributed by atoms with Crippen LogP contribution < -0.4 is 10.2 Å². The van der Waals surface area contributed by atoms with Gasteiger partial charge in [0.05, 0.1) is 0 Å². The Hall–Kier alpha value is -1.92. The molecule has 0 saturated carbocycles. The van der Waals surface area contributed by atoms with Crippen LogP contribution >= 0.6 is 11.3 Å². The molecule has 0 amide bonds. The van der Waals surface area contributed by atoms with Crippen molar-refractivity contribution in [3.05, 3.63) is 45.3 Å². The van der Waals surface area contributed by atoms with Crippen molar-refractivity contribution < 1.29 is 9.90 Å². The Morgan fingerprint density at radius 3 is 3.04 bits per heavy atom. The molecule has 0 unspecified atom stereocenters. The normalized spacial score (nSPS) is 17.7. The molecule has 3 heterocycles. The van der Waals surface area contributed by atoms with Crippen LogP contribution in [0.1, 0.15) is 32.1 Å². The summed E-state index contributed by atoms with van der Waals surface area (Å²) in [7, 11) is 0. The van der Waals surface area contributed by atoms with Crippen molar-refractivity contribution in [1.29, 1.82) is 0 Å². The summed E-state index contributed by atoms with van der Waals surface area (Å²) in [6, 6.07) is 5.88. The third-order valence-electron chi connectivity index (χ3n) is 4.29. The van der Waals surface area contributed by atoms with E-state index in [1.165, 1.54) is 15.3 Å². The molecule has 2 aromatic heterocycles. The summed E-state index contributed by atoms with van der Waals surface area (Å²) in [4.78, 5) is 20.4. The monoisotopic (exact) mass is 331 g/mol. The molecule has 1 fully saturated rings. The summed E-state index contributed by atoms with van der Waals surface area (Å²) in [5.41, 5.74) is 1.62. The molecule has 2 aromatic rings. The average Bonchev–Trinajstić information content (AvgIpc) is 3.12. The van der Waals surface area contributed by atoms with E-state index < -0.39 is 5.97 Å². The van der Waals surface area contributed by atoms with E-state index in [0.29, 0.717) is 11.9 Å². The maximum Gasteiger partial charge on any atom is 0.339 e. The molecule has 3 rings (SSSR count). The van der Waals surface area contributed by atoms with E-state index >= 15 is 0 Å². The number of aromatic carboxylic acids is 1. The standard InChI is InChI=1S/C17H21N3O2S/c1-11-8-14(23-12(11)2)9-19-13-5-7-20(10-13)16-15(17(21)22)4-3-6-18-16/h3-4,6,8,13,19H,5,7,9-10H2,1-2H3,(H,21,22)/t13-/m0/s1. The molecule has 1 aliphatic rings. The largest absolute Gasteiger partial charge is 0.478 e. The third kappa shape index (κ3) is 3.54. The van der Waals surface area contributed by atoms with Gasteiger partial charge in [-0.1, -0.05) is 0 Å². The number of pyridine rings is 1. The minimum atomic E-state index is -0.922. The molecule has 0 spiro atoms. The molecule has 23 heavy (non-hydrogen) atoms. The minimum absolute atomic E-state index is 0.276. The summed E-state index contributed by atoms with van der Waals surface area (Å²) in [5.74, 6) is -0.346. The maximum absolute atomic E-state index is 11.3. The molecular weight excluding hydrogens is 310 g/mol. The van der Waals surface area contributed by atoms with Gasteiger partial charge < -0.3 is 15.3 Å². The molecule has 2 N–H and O–H groups in total. The number of hydrogen-bond donors (Lipinski definition) is 2. The predicted octanol–water partition coefficient (Wildman–Crippen LogP) is 2.83. The molecule has 0 aliphatic carbocycles. The number of carboxylic acid groups (broad SMARTS) is 1. The number of nitrogens with one attached hydrogen (secondary N) is 1. The second-order valence-corrected chi connectivity index (χ2v) is 7.29. The van der Waals surface area contributed by atoms with Crippen LogP contribution in [0.25, 0.3) is 0 Å². The van der Waals surface area contributed by atoms with Crippen LogP contribution in [0, 0.1) is 13.8 Å². The molecule has 0 bridgehead atoms. The molecule has 1 saturated heterocycles. The van der Waals surface area contributed by atoms with Gasteiger partial charge in [0.25, 0.3) is 0 Å². The van der Waals surface area contributed by atoms with E-state index in [2.05, 4.69) is 35.1 Å². The van der Waals surface area contributed by atoms with Gasteiger partial charge in [-0.15, -0.1) is 11.3 Å². The van der Waals surface area contributed by atoms with Crippen LogP contribution in [0.2, 0.25) is 0 Å². The van der Waals surface area contributed by atoms with Gasteiger partial charge in [0, 0.05) is 41.6 Å². The first-order valence-electron chi connectivity index (χ1n) is 7.77. The second-order valence-electron chi connectivity index (χ2n) is 5.94. The topological polar surface area (TPSA) is 65.5 Å². The summed E-state index contributed by atoms with van der Waals surface area (Å²) in [6.45, 7) is 6.78. The highest BCUT2D eigenvalue weighted by molar-refractivity contribution is 7.12. The van der Waals surface area contributed by atoms with E-state index in [-0.39, 0.29) is 5.56 Å². The van der Waals surface area contributed by atoms with Gasteiger partial charge >= 0.3 is 5.97 Å². The highest BCUT2D eigenvalue weighted by Gasteiger charge is 2.26. The van der Waals surface area contributed by atoms with Gasteiger partial charge in [0.15, 0.2) is 0 Å². The van der Waals surface area contributed by atoms with Gasteiger partial charge in [0.2, 0.25) is 0 Å². The molecule has 6 heteroatoms. The van der Waals surface area contributed by atoms with Crippen LogP contribution in [0.5, 0.6) is 0 Å². The Balaban J connectivity index is 1.61. The fraction of sp³-hybridized carbons (Fsp3) is 0.412. The van der Waals surface area contributed by atoms with Crippen LogP contribution in [-0.4, -0.2) is 35.2 Å². The second kappa shape index (κ2) is 6.68. The SMILES string of the molecule is Cc1cc(CN[C@H]2CCN(c3ncccc3C(=O)O)C2)sc1C. The first-order valence-corrected chi connectivity index (χ1v) is 8.59. The number of carbonyl (C=O) groups is 1. The fourth-order valence-corrected chi connectivity index (χ4v) is 3.92. The zero-order chi connectivity index (χ0) is 16.4. The van der Waals surface area contributed by atoms with Crippen LogP contribution in [0.4, 0.5) is 5.82 Å². The summed E-state index contributed by atoms with van der Waals surface area (Å²) in [6.07, 6.45) is 2.65. The Labute approximate surface area is 140 Å². The minimum Gasteiger partial charge on any atom is -0.478 e. The van der Waals surface area contributed by atoms with Crippen LogP contribution in [0.3, 0.4) is 0 Å². The molecule has 5 nitrogen and oxygen atoms in total. The molecule has 1 atom stereocenters. The lowest BCUT2D eigenvalue weighted by atomic mass is 10.2. The van der Waals surface area contributed by atoms with Gasteiger partial charge in [-0.2, -0.15) is 0 Å². The van der Waals surface area contributed by atoms with E-state index in [4.69, 9.17) is 0 Å². The molecule has 1 aliphatic heterocycles. The third-order valence-corrected chi connectivity index (χ3v) is 5.44. The highest BCUT2D eigenvalue weighted by atomic mass is 32.1. The molecule has 0 radical (unpaired) electrons. The van der Waals surface area contributed by atoms with Crippen molar-refractivity contribution in [3.63, 3.8) is 0 Å². The van der Waals surface area contributed by atoms with Crippen molar-refractivity contribution in [1.82, 2.24) is 10.3 Å². The van der Waals surface area contributed by atoms with Gasteiger partial charge in [-0.3, -0.25) is 0 Å². The maximum atomic E-state index is 11.3. The number of nitrogens with zero attached hydrogens (tertiary/aromatic N) is 2. The Morgan fingerprint density at radius 2 is 2.35 bits per heavy atom. The van der Waals surface area contributed by atoms with E-state index in [0.717, 1.165) is 26.1 Å². The first-order chi connectivity index (χ1) is 11.0. The quantitative estimate of drug-likeness (QED) is 0.882. The van der Waals surface area contributed by atoms with Gasteiger partial charge in [-0.25, -0.2) is 9.78 Å². The Kier molecular flexibility index (Phi) is 4.63. The highest BCUT2D eigenvalue weighted by Crippen LogP contribution is 2.24. The van der Waals surface area contributed by atoms with Gasteiger partial charge in [0.1, 0.15) is 11.4 Å². The van der Waals surface area contributed by atoms with E-state index in [1.54, 1.807) is 18.3 Å². The first kappa shape index (κ1) is 16.0. The lowest BCUT2D eigenvalue weighted by molar-refractivity contribution is 0.0697. The van der Waals surface area contributed by atoms with E-state index in [1.807, 2.05) is 11.3 Å². The molecular formula is C17H21N3O2S. The lowest BCUT2D eigenvalue weighted by Crippen LogP contribution is -2.32. The summed E-state index contributed by atoms with van der Waals surface area (Å²) >= 11 is 1.84. The Bertz CT molecular complexity index is 694. The smallest absolute Gasteiger partial charge is 0.339 e. The zero-order valence-electron chi connectivity index (χ0n) is 13.4. The number of anilines is 1. The van der Waals surface area contributed by atoms with Crippen molar-refractivity contribution >= 4 is 23.1 Å². The number of rotatable bonds is 5. The van der Waals surface area contributed by atoms with Crippen molar-refractivity contribution in [2.24, 2.45) is 0 Å². The van der Waals surface area contributed by atoms with Crippen molar-refractivity contribution in [3.8, 4) is 0 Å². The van der Waals surface area contributed by atoms with Crippen LogP contribution in [0.15, 0.2) is 24.4 Å². The number of aromatic nitrogens is 1. The number of hydrogen-bond acceptors (Lipinski definition) is 5. The van der Waals surface area contributed by atoms with Crippen molar-refractivity contribution in [2.75, 3.05) is 18.0 Å². The molecule has 0 aromatic carbocycles. The summed E-state index contributed by atoms with van der Waals surface area (Å²) < 4.78 is 0. The van der Waals surface area contributed by atoms with Crippen molar-refractivity contribution in [2.45, 2.75) is 32.9 Å². The molecule has 122 valence electrons. The van der Waals surface area contributed by atoms with E-state index in [9.17, 15) is 9.90 Å². The number of carboxylic acids is 1. The zero-order valence-corrected chi connectivity index (χ0v) is 14.2. The number of aryl methyl sites for hydroxylation is 2. The fourth-order valence-electron chi connectivity index (χ4n) is 2.92. The lowest BCUT2D eigenvalue weighted by Gasteiger charge is -2.19. The summed E-state index contributed by atoms with van der Waals surface area (Å²) in [5, 5.41) is 12.9. The van der Waals surface area contributed by atoms with Gasteiger partial charge in [-0.05, 0) is 44.0 Å². The number of thiophene rings is 1. The predicted molar refractivity (Wildman–Crippen MR) is 92.4 cm³/mol. The Morgan fingerprint density at radius 1 is 1.52 bits per heavy atom.